The third-order valence-corrected chi connectivity index (χ3v) is 10.7. The van der Waals surface area contributed by atoms with E-state index in [2.05, 4.69) is 16.0 Å². The standard InChI is InChI=1S/C35H50F2N4O7S/c1-4-8-29(9-5-2)49(45,46)22-31(41-35(44)47-21-28-12-13-33(42)40-28)34(43)48-32(20-39-19-24-11-7-10-23(6-3)14-24)30(38)17-25-15-26(36)18-27(37)16-25/h7,10-11,14-16,18,28-32,39H,4-6,8-9,12-13,17,19-22,38H2,1-3H3,(H,40,42)(H,41,44)/t28-,30+,31+,32-/m1/s1. The molecule has 1 saturated heterocycles. The third kappa shape index (κ3) is 13.3. The predicted octanol–water partition coefficient (Wildman–Crippen LogP) is 3.86. The fraction of sp³-hybridized carbons (Fsp3) is 0.571. The lowest BCUT2D eigenvalue weighted by Gasteiger charge is -2.28. The van der Waals surface area contributed by atoms with Crippen LogP contribution in [0.25, 0.3) is 0 Å². The van der Waals surface area contributed by atoms with Crippen LogP contribution in [0.15, 0.2) is 42.5 Å². The molecule has 1 heterocycles. The van der Waals surface area contributed by atoms with Crippen molar-refractivity contribution in [3.05, 3.63) is 70.8 Å². The minimum atomic E-state index is -3.91. The average Bonchev–Trinajstić information content (AvgIpc) is 3.47. The van der Waals surface area contributed by atoms with E-state index >= 15 is 0 Å². The molecular weight excluding hydrogens is 658 g/mol. The Morgan fingerprint density at radius 3 is 2.31 bits per heavy atom. The maximum absolute atomic E-state index is 14.0. The molecule has 2 aromatic rings. The molecule has 1 aliphatic rings. The highest BCUT2D eigenvalue weighted by molar-refractivity contribution is 7.92. The van der Waals surface area contributed by atoms with Gasteiger partial charge in [0.25, 0.3) is 0 Å². The van der Waals surface area contributed by atoms with Crippen molar-refractivity contribution in [3.63, 3.8) is 0 Å². The lowest BCUT2D eigenvalue weighted by Crippen LogP contribution is -2.52. The number of nitrogens with one attached hydrogen (secondary N) is 3. The van der Waals surface area contributed by atoms with Crippen molar-refractivity contribution in [3.8, 4) is 0 Å². The summed E-state index contributed by atoms with van der Waals surface area (Å²) < 4.78 is 66.1. The zero-order chi connectivity index (χ0) is 36.0. The smallest absolute Gasteiger partial charge is 0.407 e. The number of amides is 2. The van der Waals surface area contributed by atoms with E-state index in [0.29, 0.717) is 45.1 Å². The van der Waals surface area contributed by atoms with Gasteiger partial charge in [0.1, 0.15) is 30.4 Å². The van der Waals surface area contributed by atoms with E-state index in [9.17, 15) is 31.6 Å². The molecule has 14 heteroatoms. The van der Waals surface area contributed by atoms with Crippen LogP contribution in [0.4, 0.5) is 13.6 Å². The number of benzene rings is 2. The molecule has 272 valence electrons. The van der Waals surface area contributed by atoms with Gasteiger partial charge in [-0.05, 0) is 60.9 Å². The van der Waals surface area contributed by atoms with E-state index in [1.807, 2.05) is 45.0 Å². The number of aryl methyl sites for hydroxylation is 1. The van der Waals surface area contributed by atoms with Gasteiger partial charge in [0.2, 0.25) is 5.91 Å². The molecule has 0 aliphatic carbocycles. The summed E-state index contributed by atoms with van der Waals surface area (Å²) in [5, 5.41) is 7.51. The second-order valence-corrected chi connectivity index (χ2v) is 14.9. The monoisotopic (exact) mass is 708 g/mol. The third-order valence-electron chi connectivity index (χ3n) is 8.42. The number of hydrogen-bond donors (Lipinski definition) is 4. The first-order chi connectivity index (χ1) is 23.3. The summed E-state index contributed by atoms with van der Waals surface area (Å²) in [7, 11) is -3.91. The number of ether oxygens (including phenoxy) is 2. The number of nitrogens with two attached hydrogens (primary N) is 1. The van der Waals surface area contributed by atoms with Gasteiger partial charge < -0.3 is 31.2 Å². The molecule has 0 spiro atoms. The van der Waals surface area contributed by atoms with Gasteiger partial charge in [-0.1, -0.05) is 57.9 Å². The SMILES string of the molecule is CCCC(CCC)S(=O)(=O)C[C@H](NC(=O)OC[C@H]1CCC(=O)N1)C(=O)O[C@H](CNCc1cccc(CC)c1)[C@@H](N)Cc1cc(F)cc(F)c1. The molecule has 1 fully saturated rings. The lowest BCUT2D eigenvalue weighted by molar-refractivity contribution is -0.151. The first-order valence-corrected chi connectivity index (χ1v) is 18.7. The molecule has 4 atom stereocenters. The highest BCUT2D eigenvalue weighted by Crippen LogP contribution is 2.19. The average molecular weight is 709 g/mol. The van der Waals surface area contributed by atoms with Gasteiger partial charge in [0.05, 0.1) is 17.0 Å². The first kappa shape index (κ1) is 39.8. The second-order valence-electron chi connectivity index (χ2n) is 12.6. The Hall–Kier alpha value is -3.62. The van der Waals surface area contributed by atoms with Crippen molar-refractivity contribution in [2.24, 2.45) is 5.73 Å². The maximum atomic E-state index is 14.0. The summed E-state index contributed by atoms with van der Waals surface area (Å²) in [4.78, 5) is 38.2. The van der Waals surface area contributed by atoms with Gasteiger partial charge in [0, 0.05) is 31.6 Å². The van der Waals surface area contributed by atoms with Gasteiger partial charge in [0.15, 0.2) is 9.84 Å². The molecule has 1 aliphatic heterocycles. The molecule has 2 amide bonds. The molecule has 0 bridgehead atoms. The van der Waals surface area contributed by atoms with Crippen LogP contribution < -0.4 is 21.7 Å². The molecule has 2 aromatic carbocycles. The van der Waals surface area contributed by atoms with Gasteiger partial charge in [-0.2, -0.15) is 0 Å². The number of carbonyl (C=O) groups excluding carboxylic acids is 3. The van der Waals surface area contributed by atoms with Crippen molar-refractivity contribution in [2.45, 2.75) is 108 Å². The van der Waals surface area contributed by atoms with Crippen molar-refractivity contribution < 1.29 is 41.1 Å². The van der Waals surface area contributed by atoms with E-state index < -0.39 is 68.8 Å². The minimum Gasteiger partial charge on any atom is -0.458 e. The predicted molar refractivity (Wildman–Crippen MR) is 182 cm³/mol. The van der Waals surface area contributed by atoms with Crippen LogP contribution in [0.3, 0.4) is 0 Å². The Balaban J connectivity index is 1.83. The highest BCUT2D eigenvalue weighted by atomic mass is 32.2. The van der Waals surface area contributed by atoms with Crippen molar-refractivity contribution in [2.75, 3.05) is 18.9 Å². The maximum Gasteiger partial charge on any atom is 0.407 e. The number of rotatable bonds is 20. The molecule has 0 unspecified atom stereocenters. The van der Waals surface area contributed by atoms with E-state index in [1.54, 1.807) is 0 Å². The Morgan fingerprint density at radius 2 is 1.69 bits per heavy atom. The summed E-state index contributed by atoms with van der Waals surface area (Å²) in [6.07, 6.45) is 1.36. The highest BCUT2D eigenvalue weighted by Gasteiger charge is 2.36. The number of hydrogen-bond acceptors (Lipinski definition) is 9. The number of halogens is 2. The number of esters is 1. The molecule has 0 radical (unpaired) electrons. The van der Waals surface area contributed by atoms with Crippen LogP contribution in [0.5, 0.6) is 0 Å². The van der Waals surface area contributed by atoms with Gasteiger partial charge in [-0.25, -0.2) is 26.8 Å². The molecule has 5 N–H and O–H groups in total. The van der Waals surface area contributed by atoms with Crippen molar-refractivity contribution in [1.29, 1.82) is 0 Å². The number of carbonyl (C=O) groups is 3. The largest absolute Gasteiger partial charge is 0.458 e. The molecule has 3 rings (SSSR count). The Kier molecular flexibility index (Phi) is 15.9. The fourth-order valence-corrected chi connectivity index (χ4v) is 7.96. The topological polar surface area (TPSA) is 166 Å². The fourth-order valence-electron chi connectivity index (χ4n) is 5.81. The normalized spacial score (nSPS) is 16.6. The summed E-state index contributed by atoms with van der Waals surface area (Å²) in [5.74, 6) is -3.54. The van der Waals surface area contributed by atoms with Gasteiger partial charge in [-0.15, -0.1) is 0 Å². The zero-order valence-corrected chi connectivity index (χ0v) is 29.3. The minimum absolute atomic E-state index is 0.0145. The number of sulfone groups is 1. The summed E-state index contributed by atoms with van der Waals surface area (Å²) in [6.45, 7) is 6.00. The molecular formula is C35H50F2N4O7S. The van der Waals surface area contributed by atoms with Crippen LogP contribution in [0.2, 0.25) is 0 Å². The molecule has 0 saturated carbocycles. The second kappa shape index (κ2) is 19.5. The van der Waals surface area contributed by atoms with E-state index in [4.69, 9.17) is 15.2 Å². The van der Waals surface area contributed by atoms with Crippen LogP contribution in [-0.2, 0) is 48.3 Å². The van der Waals surface area contributed by atoms with Crippen LogP contribution >= 0.6 is 0 Å². The molecule has 0 aromatic heterocycles. The quantitative estimate of drug-likeness (QED) is 0.150. The molecule has 11 nitrogen and oxygen atoms in total. The Bertz CT molecular complexity index is 1480. The summed E-state index contributed by atoms with van der Waals surface area (Å²) in [6, 6.07) is 7.88. The van der Waals surface area contributed by atoms with Crippen molar-refractivity contribution in [1.82, 2.24) is 16.0 Å². The van der Waals surface area contributed by atoms with Gasteiger partial charge >= 0.3 is 12.1 Å². The Labute approximate surface area is 288 Å². The van der Waals surface area contributed by atoms with E-state index in [0.717, 1.165) is 35.7 Å². The van der Waals surface area contributed by atoms with Crippen LogP contribution in [0.1, 0.15) is 76.0 Å². The van der Waals surface area contributed by atoms with Gasteiger partial charge in [-0.3, -0.25) is 4.79 Å². The zero-order valence-electron chi connectivity index (χ0n) is 28.5. The first-order valence-electron chi connectivity index (χ1n) is 17.0. The van der Waals surface area contributed by atoms with Crippen LogP contribution in [-0.4, -0.2) is 74.8 Å². The van der Waals surface area contributed by atoms with E-state index in [1.165, 1.54) is 0 Å². The van der Waals surface area contributed by atoms with Crippen LogP contribution in [0, 0.1) is 11.6 Å². The summed E-state index contributed by atoms with van der Waals surface area (Å²) in [5.41, 5.74) is 8.82. The summed E-state index contributed by atoms with van der Waals surface area (Å²) >= 11 is 0. The van der Waals surface area contributed by atoms with Crippen molar-refractivity contribution >= 4 is 27.8 Å². The lowest BCUT2D eigenvalue weighted by atomic mass is 10.0. The Morgan fingerprint density at radius 1 is 1.02 bits per heavy atom. The molecule has 49 heavy (non-hydrogen) atoms. The number of alkyl carbamates (subject to hydrolysis) is 1. The van der Waals surface area contributed by atoms with E-state index in [-0.39, 0.29) is 31.0 Å².